The summed E-state index contributed by atoms with van der Waals surface area (Å²) in [6.07, 6.45) is -1.43. The van der Waals surface area contributed by atoms with Crippen LogP contribution in [0, 0.1) is 0 Å². The summed E-state index contributed by atoms with van der Waals surface area (Å²) in [6, 6.07) is 0. The van der Waals surface area contributed by atoms with Gasteiger partial charge in [-0.2, -0.15) is 16.8 Å². The summed E-state index contributed by atoms with van der Waals surface area (Å²) in [4.78, 5) is 0. The monoisotopic (exact) mass is 228 g/mol. The number of rotatable bonds is 1. The van der Waals surface area contributed by atoms with E-state index in [0.29, 0.717) is 0 Å². The maximum absolute atomic E-state index is 10.9. The molecule has 1 aliphatic heterocycles. The molecule has 8 heteroatoms. The van der Waals surface area contributed by atoms with Gasteiger partial charge in [0, 0.05) is 0 Å². The van der Waals surface area contributed by atoms with Gasteiger partial charge in [-0.05, 0) is 12.5 Å². The Bertz CT molecular complexity index is 382. The van der Waals surface area contributed by atoms with Crippen molar-refractivity contribution < 1.29 is 25.2 Å². The van der Waals surface area contributed by atoms with Crippen molar-refractivity contribution >= 4 is 20.2 Å². The fraction of sp³-hybridized carbons (Fsp3) is 0.600. The number of hydrogen-bond donors (Lipinski definition) is 0. The molecule has 0 radical (unpaired) electrons. The third-order valence-corrected chi connectivity index (χ3v) is 4.40. The average Bonchev–Trinajstić information content (AvgIpc) is 1.79. The Balaban J connectivity index is 3.05. The summed E-state index contributed by atoms with van der Waals surface area (Å²) in [5.74, 6) is 0. The van der Waals surface area contributed by atoms with Gasteiger partial charge in [-0.15, -0.1) is 0 Å². The minimum atomic E-state index is -4.06. The van der Waals surface area contributed by atoms with Crippen LogP contribution >= 0.6 is 0 Å². The van der Waals surface area contributed by atoms with Crippen LogP contribution in [0.25, 0.3) is 0 Å². The second-order valence-electron chi connectivity index (χ2n) is 2.60. The minimum Gasteiger partial charge on any atom is -0.232 e. The molecule has 1 fully saturated rings. The van der Waals surface area contributed by atoms with Crippen LogP contribution in [0.4, 0.5) is 0 Å². The Labute approximate surface area is 76.4 Å². The molecule has 0 saturated carbocycles. The second kappa shape index (κ2) is 3.05. The van der Waals surface area contributed by atoms with Crippen LogP contribution in [0.5, 0.6) is 0 Å². The summed E-state index contributed by atoms with van der Waals surface area (Å²) in [5.41, 5.74) is 0.173. The molecule has 76 valence electrons. The highest BCUT2D eigenvalue weighted by Crippen LogP contribution is 2.20. The van der Waals surface area contributed by atoms with Crippen LogP contribution in [-0.2, 0) is 28.6 Å². The van der Waals surface area contributed by atoms with Crippen molar-refractivity contribution in [2.45, 2.75) is 13.2 Å². The zero-order valence-corrected chi connectivity index (χ0v) is 8.39. The van der Waals surface area contributed by atoms with Crippen molar-refractivity contribution in [3.63, 3.8) is 0 Å². The fourth-order valence-electron chi connectivity index (χ4n) is 0.679. The molecular weight excluding hydrogens is 220 g/mol. The third-order valence-electron chi connectivity index (χ3n) is 1.16. The highest BCUT2D eigenvalue weighted by atomic mass is 32.3. The summed E-state index contributed by atoms with van der Waals surface area (Å²) in [7, 11) is -8.12. The summed E-state index contributed by atoms with van der Waals surface area (Å²) < 4.78 is 52.1. The Morgan fingerprint density at radius 2 is 1.62 bits per heavy atom. The van der Waals surface area contributed by atoms with Gasteiger partial charge in [-0.25, -0.2) is 8.37 Å². The first-order chi connectivity index (χ1) is 5.72. The van der Waals surface area contributed by atoms with Gasteiger partial charge in [0.15, 0.2) is 0 Å². The van der Waals surface area contributed by atoms with Crippen LogP contribution in [0.3, 0.4) is 0 Å². The highest BCUT2D eigenvalue weighted by molar-refractivity contribution is 8.04. The van der Waals surface area contributed by atoms with Crippen LogP contribution in [0.15, 0.2) is 12.2 Å². The molecule has 0 spiro atoms. The zero-order chi connectivity index (χ0) is 10.3. The Kier molecular flexibility index (Phi) is 2.50. The molecule has 13 heavy (non-hydrogen) atoms. The molecule has 0 aromatic heterocycles. The van der Waals surface area contributed by atoms with Crippen molar-refractivity contribution in [1.82, 2.24) is 0 Å². The Hall–Kier alpha value is -0.440. The summed E-state index contributed by atoms with van der Waals surface area (Å²) in [6.45, 7) is 4.73. The molecule has 0 aliphatic carbocycles. The molecule has 0 unspecified atom stereocenters. The molecule has 1 aliphatic rings. The molecule has 1 rings (SSSR count). The predicted octanol–water partition coefficient (Wildman–Crippen LogP) is -0.447. The van der Waals surface area contributed by atoms with Gasteiger partial charge < -0.3 is 0 Å². The van der Waals surface area contributed by atoms with Gasteiger partial charge in [-0.1, -0.05) is 6.58 Å². The van der Waals surface area contributed by atoms with E-state index in [0.717, 1.165) is 0 Å². The topological polar surface area (TPSA) is 86.7 Å². The van der Waals surface area contributed by atoms with Gasteiger partial charge >= 0.3 is 0 Å². The first kappa shape index (κ1) is 10.6. The lowest BCUT2D eigenvalue weighted by Gasteiger charge is -2.21. The van der Waals surface area contributed by atoms with E-state index >= 15 is 0 Å². The van der Waals surface area contributed by atoms with Crippen LogP contribution < -0.4 is 0 Å². The highest BCUT2D eigenvalue weighted by Gasteiger charge is 2.37. The Morgan fingerprint density at radius 3 is 1.92 bits per heavy atom. The molecular formula is C5H8O6S2. The van der Waals surface area contributed by atoms with Gasteiger partial charge in [0.1, 0.15) is 0 Å². The molecule has 0 amide bonds. The van der Waals surface area contributed by atoms with Gasteiger partial charge in [0.25, 0.3) is 20.2 Å². The normalized spacial score (nSPS) is 26.8. The molecule has 1 heterocycles. The molecule has 0 bridgehead atoms. The van der Waals surface area contributed by atoms with E-state index in [1.807, 2.05) is 0 Å². The standard InChI is InChI=1S/C5H8O6S2/c1-4(2)5-10-12(6,7)3-13(8,9)11-5/h5H,1,3H2,2H3. The van der Waals surface area contributed by atoms with E-state index in [-0.39, 0.29) is 5.57 Å². The van der Waals surface area contributed by atoms with Crippen molar-refractivity contribution in [2.75, 3.05) is 5.08 Å². The molecule has 6 nitrogen and oxygen atoms in total. The maximum atomic E-state index is 10.9. The first-order valence-electron chi connectivity index (χ1n) is 3.19. The fourth-order valence-corrected chi connectivity index (χ4v) is 3.53. The van der Waals surface area contributed by atoms with Gasteiger partial charge in [0.05, 0.1) is 0 Å². The quantitative estimate of drug-likeness (QED) is 0.446. The van der Waals surface area contributed by atoms with Gasteiger partial charge in [0.2, 0.25) is 11.4 Å². The van der Waals surface area contributed by atoms with Crippen molar-refractivity contribution in [3.8, 4) is 0 Å². The summed E-state index contributed by atoms with van der Waals surface area (Å²) in [5, 5.41) is -1.15. The lowest BCUT2D eigenvalue weighted by Crippen LogP contribution is -2.36. The minimum absolute atomic E-state index is 0.173. The van der Waals surface area contributed by atoms with E-state index in [1.54, 1.807) is 0 Å². The zero-order valence-electron chi connectivity index (χ0n) is 6.76. The lowest BCUT2D eigenvalue weighted by atomic mass is 10.3. The van der Waals surface area contributed by atoms with E-state index in [2.05, 4.69) is 14.9 Å². The number of hydrogen-bond acceptors (Lipinski definition) is 6. The first-order valence-corrected chi connectivity index (χ1v) is 6.35. The molecule has 0 aromatic rings. The van der Waals surface area contributed by atoms with Crippen LogP contribution in [0.1, 0.15) is 6.92 Å². The van der Waals surface area contributed by atoms with Crippen molar-refractivity contribution in [1.29, 1.82) is 0 Å². The van der Waals surface area contributed by atoms with Crippen LogP contribution in [-0.4, -0.2) is 28.2 Å². The SMILES string of the molecule is C=C(C)C1OS(=O)(=O)CS(=O)(=O)O1. The van der Waals surface area contributed by atoms with Gasteiger partial charge in [-0.3, -0.25) is 0 Å². The summed E-state index contributed by atoms with van der Waals surface area (Å²) >= 11 is 0. The lowest BCUT2D eigenvalue weighted by molar-refractivity contribution is 0.0433. The molecule has 1 saturated heterocycles. The Morgan fingerprint density at radius 1 is 1.23 bits per heavy atom. The van der Waals surface area contributed by atoms with E-state index in [9.17, 15) is 16.8 Å². The largest absolute Gasteiger partial charge is 0.287 e. The molecule has 0 N–H and O–H groups in total. The van der Waals surface area contributed by atoms with E-state index < -0.39 is 31.6 Å². The predicted molar refractivity (Wildman–Crippen MR) is 43.5 cm³/mol. The smallest absolute Gasteiger partial charge is 0.232 e. The maximum Gasteiger partial charge on any atom is 0.287 e. The van der Waals surface area contributed by atoms with E-state index in [4.69, 9.17) is 0 Å². The second-order valence-corrected chi connectivity index (χ2v) is 6.16. The van der Waals surface area contributed by atoms with Crippen molar-refractivity contribution in [3.05, 3.63) is 12.2 Å². The van der Waals surface area contributed by atoms with Crippen molar-refractivity contribution in [2.24, 2.45) is 0 Å². The molecule has 0 atom stereocenters. The third kappa shape index (κ3) is 2.76. The average molecular weight is 228 g/mol. The van der Waals surface area contributed by atoms with E-state index in [1.165, 1.54) is 6.92 Å². The van der Waals surface area contributed by atoms with Crippen LogP contribution in [0.2, 0.25) is 0 Å². The molecule has 0 aromatic carbocycles.